The first-order chi connectivity index (χ1) is 12.9. The molecule has 4 fully saturated rings. The van der Waals surface area contributed by atoms with E-state index in [0.29, 0.717) is 17.6 Å². The van der Waals surface area contributed by atoms with E-state index < -0.39 is 0 Å². The molecule has 1 amide bonds. The minimum absolute atomic E-state index is 0.135. The summed E-state index contributed by atoms with van der Waals surface area (Å²) in [5, 5.41) is 6.53. The van der Waals surface area contributed by atoms with Crippen molar-refractivity contribution < 1.29 is 9.53 Å². The Morgan fingerprint density at radius 3 is 2.19 bits per heavy atom. The van der Waals surface area contributed by atoms with E-state index >= 15 is 0 Å². The molecular weight excluding hydrogens is 356 g/mol. The van der Waals surface area contributed by atoms with E-state index in [-0.39, 0.29) is 11.3 Å². The second kappa shape index (κ2) is 7.42. The van der Waals surface area contributed by atoms with Crippen molar-refractivity contribution in [2.45, 2.75) is 52.4 Å². The predicted octanol–water partition coefficient (Wildman–Crippen LogP) is 4.75. The molecule has 0 radical (unpaired) electrons. The standard InChI is InChI=1S/C22H30N2O2S/c1-14(2)13-26-19-5-3-18(4-6-19)23-21(27)24-20(25)22-10-15-7-16(11-22)9-17(8-15)12-22/h3-6,14-17H,7-13H2,1-2H3,(H2,23,24,25,27). The second-order valence-electron chi connectivity index (χ2n) is 9.34. The van der Waals surface area contributed by atoms with E-state index in [1.165, 1.54) is 19.3 Å². The molecule has 5 heteroatoms. The largest absolute Gasteiger partial charge is 0.493 e. The monoisotopic (exact) mass is 386 g/mol. The fourth-order valence-electron chi connectivity index (χ4n) is 5.68. The van der Waals surface area contributed by atoms with Crippen LogP contribution in [0.4, 0.5) is 5.69 Å². The highest BCUT2D eigenvalue weighted by Crippen LogP contribution is 2.60. The number of hydrogen-bond donors (Lipinski definition) is 2. The van der Waals surface area contributed by atoms with Crippen LogP contribution in [0, 0.1) is 29.1 Å². The molecule has 5 rings (SSSR count). The van der Waals surface area contributed by atoms with E-state index in [9.17, 15) is 4.79 Å². The number of amides is 1. The summed E-state index contributed by atoms with van der Waals surface area (Å²) in [4.78, 5) is 13.0. The van der Waals surface area contributed by atoms with Gasteiger partial charge in [-0.2, -0.15) is 0 Å². The van der Waals surface area contributed by atoms with Crippen molar-refractivity contribution in [3.05, 3.63) is 24.3 Å². The molecule has 2 N–H and O–H groups in total. The van der Waals surface area contributed by atoms with Crippen molar-refractivity contribution in [1.29, 1.82) is 0 Å². The van der Waals surface area contributed by atoms with Crippen LogP contribution in [-0.4, -0.2) is 17.6 Å². The number of rotatable bonds is 5. The molecule has 4 nitrogen and oxygen atoms in total. The maximum absolute atomic E-state index is 13.0. The van der Waals surface area contributed by atoms with Crippen LogP contribution in [0.5, 0.6) is 5.75 Å². The molecule has 0 heterocycles. The molecule has 0 aliphatic heterocycles. The minimum Gasteiger partial charge on any atom is -0.493 e. The van der Waals surface area contributed by atoms with Gasteiger partial charge in [0.15, 0.2) is 5.11 Å². The summed E-state index contributed by atoms with van der Waals surface area (Å²) in [5.74, 6) is 3.73. The Bertz CT molecular complexity index is 678. The molecule has 4 saturated carbocycles. The number of ether oxygens (including phenoxy) is 1. The summed E-state index contributed by atoms with van der Waals surface area (Å²) in [6.45, 7) is 4.95. The van der Waals surface area contributed by atoms with Gasteiger partial charge in [0.25, 0.3) is 0 Å². The quantitative estimate of drug-likeness (QED) is 0.717. The van der Waals surface area contributed by atoms with Crippen LogP contribution in [0.25, 0.3) is 0 Å². The van der Waals surface area contributed by atoms with Gasteiger partial charge in [0.05, 0.1) is 12.0 Å². The lowest BCUT2D eigenvalue weighted by Crippen LogP contribution is -2.55. The highest BCUT2D eigenvalue weighted by atomic mass is 32.1. The van der Waals surface area contributed by atoms with Crippen LogP contribution in [0.3, 0.4) is 0 Å². The summed E-state index contributed by atoms with van der Waals surface area (Å²) in [6.07, 6.45) is 7.15. The van der Waals surface area contributed by atoms with Crippen molar-refractivity contribution in [2.75, 3.05) is 11.9 Å². The smallest absolute Gasteiger partial charge is 0.232 e. The molecule has 1 aromatic rings. The first kappa shape index (κ1) is 18.7. The Hall–Kier alpha value is -1.62. The van der Waals surface area contributed by atoms with Gasteiger partial charge >= 0.3 is 0 Å². The minimum atomic E-state index is -0.172. The molecule has 0 aromatic heterocycles. The highest BCUT2D eigenvalue weighted by Gasteiger charge is 2.54. The van der Waals surface area contributed by atoms with Crippen LogP contribution in [0.15, 0.2) is 24.3 Å². The van der Waals surface area contributed by atoms with Crippen molar-refractivity contribution in [1.82, 2.24) is 5.32 Å². The van der Waals surface area contributed by atoms with Gasteiger partial charge < -0.3 is 15.4 Å². The zero-order chi connectivity index (χ0) is 19.0. The van der Waals surface area contributed by atoms with E-state index in [4.69, 9.17) is 17.0 Å². The maximum Gasteiger partial charge on any atom is 0.232 e. The van der Waals surface area contributed by atoms with Gasteiger partial charge in [0.1, 0.15) is 5.75 Å². The molecule has 0 saturated heterocycles. The van der Waals surface area contributed by atoms with Gasteiger partial charge in [0.2, 0.25) is 5.91 Å². The average Bonchev–Trinajstić information content (AvgIpc) is 2.60. The molecule has 4 aliphatic carbocycles. The molecule has 146 valence electrons. The molecule has 1 aromatic carbocycles. The Kier molecular flexibility index (Phi) is 5.15. The molecule has 4 aliphatic rings. The number of hydrogen-bond acceptors (Lipinski definition) is 3. The van der Waals surface area contributed by atoms with Gasteiger partial charge in [-0.1, -0.05) is 13.8 Å². The Balaban J connectivity index is 1.32. The zero-order valence-corrected chi connectivity index (χ0v) is 17.1. The van der Waals surface area contributed by atoms with E-state index in [2.05, 4.69) is 24.5 Å². The van der Waals surface area contributed by atoms with Gasteiger partial charge in [-0.05, 0) is 98.7 Å². The lowest BCUT2D eigenvalue weighted by Gasteiger charge is -2.55. The van der Waals surface area contributed by atoms with E-state index in [1.807, 2.05) is 24.3 Å². The van der Waals surface area contributed by atoms with Crippen molar-refractivity contribution in [3.63, 3.8) is 0 Å². The normalized spacial score (nSPS) is 31.0. The number of anilines is 1. The van der Waals surface area contributed by atoms with Gasteiger partial charge in [-0.25, -0.2) is 0 Å². The predicted molar refractivity (Wildman–Crippen MR) is 112 cm³/mol. The third kappa shape index (κ3) is 4.13. The van der Waals surface area contributed by atoms with E-state index in [1.54, 1.807) is 0 Å². The number of nitrogens with one attached hydrogen (secondary N) is 2. The number of thiocarbonyl (C=S) groups is 1. The maximum atomic E-state index is 13.0. The van der Waals surface area contributed by atoms with Crippen molar-refractivity contribution in [3.8, 4) is 5.75 Å². The van der Waals surface area contributed by atoms with Gasteiger partial charge in [0, 0.05) is 5.69 Å². The second-order valence-corrected chi connectivity index (χ2v) is 9.74. The first-order valence-electron chi connectivity index (χ1n) is 10.3. The SMILES string of the molecule is CC(C)COc1ccc(NC(=S)NC(=O)C23CC4CC(CC(C4)C2)C3)cc1. The van der Waals surface area contributed by atoms with E-state index in [0.717, 1.165) is 48.5 Å². The van der Waals surface area contributed by atoms with Crippen LogP contribution in [-0.2, 0) is 4.79 Å². The van der Waals surface area contributed by atoms with Crippen molar-refractivity contribution >= 4 is 28.9 Å². The van der Waals surface area contributed by atoms with Crippen LogP contribution < -0.4 is 15.4 Å². The Morgan fingerprint density at radius 2 is 1.67 bits per heavy atom. The third-order valence-corrected chi connectivity index (χ3v) is 6.65. The van der Waals surface area contributed by atoms with Crippen molar-refractivity contribution in [2.24, 2.45) is 29.1 Å². The number of carbonyl (C=O) groups excluding carboxylic acids is 1. The highest BCUT2D eigenvalue weighted by molar-refractivity contribution is 7.80. The fourth-order valence-corrected chi connectivity index (χ4v) is 5.89. The summed E-state index contributed by atoms with van der Waals surface area (Å²) in [6, 6.07) is 7.71. The Morgan fingerprint density at radius 1 is 1.11 bits per heavy atom. The molecule has 4 bridgehead atoms. The number of benzene rings is 1. The molecular formula is C22H30N2O2S. The fraction of sp³-hybridized carbons (Fsp3) is 0.636. The Labute approximate surface area is 167 Å². The molecule has 0 unspecified atom stereocenters. The zero-order valence-electron chi connectivity index (χ0n) is 16.3. The lowest BCUT2D eigenvalue weighted by molar-refractivity contribution is -0.144. The van der Waals surface area contributed by atoms with Gasteiger partial charge in [-0.15, -0.1) is 0 Å². The third-order valence-electron chi connectivity index (χ3n) is 6.44. The molecule has 27 heavy (non-hydrogen) atoms. The number of carbonyl (C=O) groups is 1. The average molecular weight is 387 g/mol. The van der Waals surface area contributed by atoms with Gasteiger partial charge in [-0.3, -0.25) is 4.79 Å². The topological polar surface area (TPSA) is 50.4 Å². The van der Waals surface area contributed by atoms with Crippen LogP contribution in [0.1, 0.15) is 52.4 Å². The summed E-state index contributed by atoms with van der Waals surface area (Å²) in [7, 11) is 0. The van der Waals surface area contributed by atoms with Crippen LogP contribution in [0.2, 0.25) is 0 Å². The first-order valence-corrected chi connectivity index (χ1v) is 10.7. The summed E-state index contributed by atoms with van der Waals surface area (Å²) in [5.41, 5.74) is 0.692. The lowest BCUT2D eigenvalue weighted by atomic mass is 9.49. The molecule has 0 atom stereocenters. The van der Waals surface area contributed by atoms with Crippen LogP contribution >= 0.6 is 12.2 Å². The summed E-state index contributed by atoms with van der Waals surface area (Å²) < 4.78 is 5.70. The molecule has 0 spiro atoms. The summed E-state index contributed by atoms with van der Waals surface area (Å²) >= 11 is 5.41.